The summed E-state index contributed by atoms with van der Waals surface area (Å²) in [6, 6.07) is 11.1. The standard InChI is InChI=1S/C17H11Br2ClN4O4/c18-11-7-10(24(26)27)8-12(19)16(11)22-17(25)14-5-6-21-23(14)9-28-15-4-2-1-3-13(15)20/h1-8H,9H2,(H,22,25). The SMILES string of the molecule is O=C(Nc1c(Br)cc([N+](=O)[O-])cc1Br)c1ccnn1COc1ccccc1Cl. The van der Waals surface area contributed by atoms with Crippen LogP contribution >= 0.6 is 43.5 Å². The molecule has 11 heteroatoms. The second kappa shape index (κ2) is 8.72. The van der Waals surface area contributed by atoms with Crippen LogP contribution < -0.4 is 10.1 Å². The van der Waals surface area contributed by atoms with E-state index >= 15 is 0 Å². The molecule has 3 rings (SSSR count). The van der Waals surface area contributed by atoms with Gasteiger partial charge in [-0.25, -0.2) is 4.68 Å². The van der Waals surface area contributed by atoms with Crippen molar-refractivity contribution in [3.63, 3.8) is 0 Å². The Bertz CT molecular complexity index is 1030. The van der Waals surface area contributed by atoms with Gasteiger partial charge in [-0.1, -0.05) is 23.7 Å². The summed E-state index contributed by atoms with van der Waals surface area (Å²) < 4.78 is 7.70. The van der Waals surface area contributed by atoms with E-state index in [0.717, 1.165) is 0 Å². The molecule has 0 unspecified atom stereocenters. The molecule has 0 fully saturated rings. The summed E-state index contributed by atoms with van der Waals surface area (Å²) >= 11 is 12.5. The number of ether oxygens (including phenoxy) is 1. The predicted molar refractivity (Wildman–Crippen MR) is 111 cm³/mol. The quantitative estimate of drug-likeness (QED) is 0.346. The number of para-hydroxylation sites is 1. The highest BCUT2D eigenvalue weighted by atomic mass is 79.9. The Morgan fingerprint density at radius 3 is 2.57 bits per heavy atom. The molecule has 0 aliphatic rings. The molecule has 144 valence electrons. The molecule has 3 aromatic rings. The van der Waals surface area contributed by atoms with Crippen molar-refractivity contribution in [3.8, 4) is 5.75 Å². The molecule has 1 N–H and O–H groups in total. The summed E-state index contributed by atoms with van der Waals surface area (Å²) in [5, 5.41) is 18.1. The number of nitro groups is 1. The third-order valence-corrected chi connectivity index (χ3v) is 5.17. The minimum atomic E-state index is -0.526. The lowest BCUT2D eigenvalue weighted by molar-refractivity contribution is -0.385. The number of hydrogen-bond acceptors (Lipinski definition) is 5. The number of hydrogen-bond donors (Lipinski definition) is 1. The van der Waals surface area contributed by atoms with Gasteiger partial charge in [-0.2, -0.15) is 5.10 Å². The Hall–Kier alpha value is -2.43. The van der Waals surface area contributed by atoms with E-state index in [4.69, 9.17) is 16.3 Å². The lowest BCUT2D eigenvalue weighted by Gasteiger charge is -2.12. The van der Waals surface area contributed by atoms with E-state index in [1.54, 1.807) is 24.3 Å². The summed E-state index contributed by atoms with van der Waals surface area (Å²) in [7, 11) is 0. The van der Waals surface area contributed by atoms with Crippen LogP contribution in [-0.4, -0.2) is 20.6 Å². The van der Waals surface area contributed by atoms with Gasteiger partial charge in [0, 0.05) is 27.3 Å². The minimum Gasteiger partial charge on any atom is -0.470 e. The predicted octanol–water partition coefficient (Wildman–Crippen LogP) is 5.26. The molecule has 1 heterocycles. The maximum absolute atomic E-state index is 12.7. The van der Waals surface area contributed by atoms with Crippen LogP contribution in [0.15, 0.2) is 57.6 Å². The van der Waals surface area contributed by atoms with Gasteiger partial charge in [-0.3, -0.25) is 14.9 Å². The van der Waals surface area contributed by atoms with Crippen molar-refractivity contribution in [3.05, 3.63) is 78.4 Å². The zero-order valence-electron chi connectivity index (χ0n) is 13.9. The van der Waals surface area contributed by atoms with Gasteiger partial charge in [0.15, 0.2) is 6.73 Å². The van der Waals surface area contributed by atoms with Crippen molar-refractivity contribution >= 4 is 60.7 Å². The molecule has 0 radical (unpaired) electrons. The topological polar surface area (TPSA) is 99.3 Å². The van der Waals surface area contributed by atoms with Crippen molar-refractivity contribution in [2.75, 3.05) is 5.32 Å². The first-order valence-corrected chi connectivity index (χ1v) is 9.67. The zero-order valence-corrected chi connectivity index (χ0v) is 17.9. The van der Waals surface area contributed by atoms with Gasteiger partial charge >= 0.3 is 0 Å². The van der Waals surface area contributed by atoms with Crippen LogP contribution in [0.5, 0.6) is 5.75 Å². The van der Waals surface area contributed by atoms with Crippen molar-refractivity contribution in [2.24, 2.45) is 0 Å². The summed E-state index contributed by atoms with van der Waals surface area (Å²) in [4.78, 5) is 23.1. The molecule has 2 aromatic carbocycles. The second-order valence-electron chi connectivity index (χ2n) is 5.42. The first kappa shape index (κ1) is 20.3. The van der Waals surface area contributed by atoms with Crippen LogP contribution in [0.3, 0.4) is 0 Å². The van der Waals surface area contributed by atoms with E-state index in [1.807, 2.05) is 0 Å². The normalized spacial score (nSPS) is 10.5. The molecular weight excluding hydrogens is 519 g/mol. The average molecular weight is 531 g/mol. The smallest absolute Gasteiger partial charge is 0.274 e. The highest BCUT2D eigenvalue weighted by Crippen LogP contribution is 2.35. The molecule has 0 aliphatic carbocycles. The van der Waals surface area contributed by atoms with Gasteiger partial charge in [0.05, 0.1) is 15.6 Å². The molecule has 0 saturated heterocycles. The van der Waals surface area contributed by atoms with E-state index < -0.39 is 10.8 Å². The van der Waals surface area contributed by atoms with Gasteiger partial charge in [-0.15, -0.1) is 0 Å². The Morgan fingerprint density at radius 2 is 1.93 bits per heavy atom. The zero-order chi connectivity index (χ0) is 20.3. The molecule has 0 spiro atoms. The first-order chi connectivity index (χ1) is 13.4. The monoisotopic (exact) mass is 528 g/mol. The number of amides is 1. The van der Waals surface area contributed by atoms with Crippen LogP contribution in [0, 0.1) is 10.1 Å². The van der Waals surface area contributed by atoms with E-state index in [9.17, 15) is 14.9 Å². The Labute approximate surface area is 180 Å². The first-order valence-electron chi connectivity index (χ1n) is 7.70. The number of carbonyl (C=O) groups is 1. The highest BCUT2D eigenvalue weighted by Gasteiger charge is 2.19. The van der Waals surface area contributed by atoms with Crippen molar-refractivity contribution in [1.29, 1.82) is 0 Å². The Balaban J connectivity index is 1.77. The van der Waals surface area contributed by atoms with Crippen molar-refractivity contribution in [1.82, 2.24) is 9.78 Å². The Morgan fingerprint density at radius 1 is 1.25 bits per heavy atom. The number of benzene rings is 2. The number of carbonyl (C=O) groups excluding carboxylic acids is 1. The maximum Gasteiger partial charge on any atom is 0.274 e. The fraction of sp³-hybridized carbons (Fsp3) is 0.0588. The summed E-state index contributed by atoms with van der Waals surface area (Å²) in [5.74, 6) is 0.00222. The van der Waals surface area contributed by atoms with Crippen LogP contribution in [0.1, 0.15) is 10.5 Å². The molecule has 0 bridgehead atoms. The maximum atomic E-state index is 12.7. The molecular formula is C17H11Br2ClN4O4. The molecule has 1 amide bonds. The van der Waals surface area contributed by atoms with Gasteiger partial charge in [0.1, 0.15) is 11.4 Å². The van der Waals surface area contributed by atoms with Crippen LogP contribution in [0.4, 0.5) is 11.4 Å². The van der Waals surface area contributed by atoms with Gasteiger partial charge in [0.2, 0.25) is 0 Å². The summed E-state index contributed by atoms with van der Waals surface area (Å²) in [6.45, 7) is -0.0257. The lowest BCUT2D eigenvalue weighted by Crippen LogP contribution is -2.20. The molecule has 0 atom stereocenters. The Kier molecular flexibility index (Phi) is 6.32. The largest absolute Gasteiger partial charge is 0.470 e. The van der Waals surface area contributed by atoms with E-state index in [2.05, 4.69) is 42.3 Å². The number of nitro benzene ring substituents is 1. The minimum absolute atomic E-state index is 0.0257. The number of non-ortho nitro benzene ring substituents is 1. The fourth-order valence-corrected chi connectivity index (χ4v) is 3.83. The van der Waals surface area contributed by atoms with Crippen molar-refractivity contribution in [2.45, 2.75) is 6.73 Å². The summed E-state index contributed by atoms with van der Waals surface area (Å²) in [6.07, 6.45) is 1.46. The summed E-state index contributed by atoms with van der Waals surface area (Å²) in [5.41, 5.74) is 0.481. The number of nitrogens with one attached hydrogen (secondary N) is 1. The van der Waals surface area contributed by atoms with Crippen LogP contribution in [0.2, 0.25) is 5.02 Å². The fourth-order valence-electron chi connectivity index (χ4n) is 2.28. The highest BCUT2D eigenvalue weighted by molar-refractivity contribution is 9.11. The lowest BCUT2D eigenvalue weighted by atomic mass is 10.2. The molecule has 28 heavy (non-hydrogen) atoms. The molecule has 1 aromatic heterocycles. The number of halogens is 3. The van der Waals surface area contributed by atoms with Gasteiger partial charge in [-0.05, 0) is 50.1 Å². The van der Waals surface area contributed by atoms with Crippen molar-refractivity contribution < 1.29 is 14.5 Å². The third kappa shape index (κ3) is 4.51. The van der Waals surface area contributed by atoms with Crippen LogP contribution in [0.25, 0.3) is 0 Å². The number of aromatic nitrogens is 2. The average Bonchev–Trinajstić information content (AvgIpc) is 3.12. The number of anilines is 1. The van der Waals surface area contributed by atoms with Gasteiger partial charge in [0.25, 0.3) is 11.6 Å². The van der Waals surface area contributed by atoms with E-state index in [-0.39, 0.29) is 18.1 Å². The second-order valence-corrected chi connectivity index (χ2v) is 7.53. The van der Waals surface area contributed by atoms with Gasteiger partial charge < -0.3 is 10.1 Å². The van der Waals surface area contributed by atoms with Crippen LogP contribution in [-0.2, 0) is 6.73 Å². The molecule has 0 saturated carbocycles. The van der Waals surface area contributed by atoms with E-state index in [1.165, 1.54) is 29.1 Å². The molecule has 8 nitrogen and oxygen atoms in total. The molecule has 0 aliphatic heterocycles. The number of rotatable bonds is 6. The van der Waals surface area contributed by atoms with E-state index in [0.29, 0.717) is 25.4 Å². The number of nitrogens with zero attached hydrogens (tertiary/aromatic N) is 3. The third-order valence-electron chi connectivity index (χ3n) is 3.60.